The molecule has 6 heteroatoms. The summed E-state index contributed by atoms with van der Waals surface area (Å²) in [4.78, 5) is 1.08. The van der Waals surface area contributed by atoms with E-state index in [-0.39, 0.29) is 6.42 Å². The van der Waals surface area contributed by atoms with Crippen LogP contribution in [0, 0.1) is 11.3 Å². The van der Waals surface area contributed by atoms with Gasteiger partial charge in [-0.05, 0) is 24.6 Å². The Morgan fingerprint density at radius 1 is 1.42 bits per heavy atom. The predicted octanol–water partition coefficient (Wildman–Crippen LogP) is 2.66. The Hall–Kier alpha value is -1.74. The lowest BCUT2D eigenvalue weighted by Gasteiger charge is -2.35. The lowest BCUT2D eigenvalue weighted by Crippen LogP contribution is -2.54. The van der Waals surface area contributed by atoms with Crippen molar-refractivity contribution < 1.29 is 13.2 Å². The van der Waals surface area contributed by atoms with E-state index in [2.05, 4.69) is 0 Å². The zero-order valence-corrected chi connectivity index (χ0v) is 10.8. The molecule has 0 fully saturated rings. The lowest BCUT2D eigenvalue weighted by molar-refractivity contribution is -0.152. The Morgan fingerprint density at radius 3 is 2.53 bits per heavy atom. The average Bonchev–Trinajstić information content (AvgIpc) is 2.37. The number of anilines is 1. The van der Waals surface area contributed by atoms with Crippen LogP contribution in [0.4, 0.5) is 18.9 Å². The molecule has 1 aromatic rings. The van der Waals surface area contributed by atoms with Crippen LogP contribution in [0.2, 0.25) is 0 Å². The summed E-state index contributed by atoms with van der Waals surface area (Å²) in [5.74, 6) is 0. The van der Waals surface area contributed by atoms with Crippen molar-refractivity contribution >= 4 is 5.69 Å². The van der Waals surface area contributed by atoms with Gasteiger partial charge in [0.15, 0.2) is 0 Å². The number of nitrogens with zero attached hydrogens (tertiary/aromatic N) is 2. The van der Waals surface area contributed by atoms with E-state index in [1.165, 1.54) is 19.2 Å². The van der Waals surface area contributed by atoms with Crippen molar-refractivity contribution in [2.24, 2.45) is 5.73 Å². The molecular weight excluding hydrogens is 255 g/mol. The number of halogens is 3. The van der Waals surface area contributed by atoms with Gasteiger partial charge in [-0.2, -0.15) is 18.4 Å². The van der Waals surface area contributed by atoms with Crippen molar-refractivity contribution in [3.8, 4) is 6.07 Å². The standard InChI is InChI=1S/C13H16F3N3/c1-3-11(18)12(13(14,15)16)19(2)10-6-4-5-9(7-10)8-17/h4-7,11-12H,3,18H2,1-2H3. The summed E-state index contributed by atoms with van der Waals surface area (Å²) in [5.41, 5.74) is 6.22. The molecular formula is C13H16F3N3. The molecule has 104 valence electrons. The topological polar surface area (TPSA) is 53.0 Å². The van der Waals surface area contributed by atoms with Crippen molar-refractivity contribution in [2.75, 3.05) is 11.9 Å². The molecule has 2 unspecified atom stereocenters. The molecule has 0 heterocycles. The van der Waals surface area contributed by atoms with Gasteiger partial charge in [-0.1, -0.05) is 13.0 Å². The van der Waals surface area contributed by atoms with Crippen molar-refractivity contribution in [2.45, 2.75) is 31.6 Å². The molecule has 0 aliphatic heterocycles. The Labute approximate surface area is 110 Å². The monoisotopic (exact) mass is 271 g/mol. The van der Waals surface area contributed by atoms with Gasteiger partial charge in [-0.15, -0.1) is 0 Å². The molecule has 0 spiro atoms. The first-order chi connectivity index (χ1) is 8.81. The molecule has 0 aliphatic rings. The first-order valence-electron chi connectivity index (χ1n) is 5.86. The highest BCUT2D eigenvalue weighted by molar-refractivity contribution is 5.52. The molecule has 2 atom stereocenters. The van der Waals surface area contributed by atoms with Gasteiger partial charge in [0.05, 0.1) is 11.6 Å². The summed E-state index contributed by atoms with van der Waals surface area (Å²) in [6, 6.07) is 5.15. The molecule has 0 aliphatic carbocycles. The maximum Gasteiger partial charge on any atom is 0.410 e. The fraction of sp³-hybridized carbons (Fsp3) is 0.462. The van der Waals surface area contributed by atoms with E-state index >= 15 is 0 Å². The fourth-order valence-corrected chi connectivity index (χ4v) is 1.93. The van der Waals surface area contributed by atoms with Crippen molar-refractivity contribution in [3.05, 3.63) is 29.8 Å². The van der Waals surface area contributed by atoms with Gasteiger partial charge in [0.25, 0.3) is 0 Å². The minimum Gasteiger partial charge on any atom is -0.362 e. The maximum absolute atomic E-state index is 13.1. The van der Waals surface area contributed by atoms with E-state index in [0.717, 1.165) is 4.90 Å². The van der Waals surface area contributed by atoms with Gasteiger partial charge in [0.2, 0.25) is 0 Å². The zero-order chi connectivity index (χ0) is 14.6. The SMILES string of the molecule is CCC(N)C(N(C)c1cccc(C#N)c1)C(F)(F)F. The van der Waals surface area contributed by atoms with Crippen LogP contribution < -0.4 is 10.6 Å². The smallest absolute Gasteiger partial charge is 0.362 e. The third-order valence-corrected chi connectivity index (χ3v) is 3.01. The Balaban J connectivity index is 3.12. The van der Waals surface area contributed by atoms with Gasteiger partial charge in [-0.3, -0.25) is 0 Å². The van der Waals surface area contributed by atoms with Gasteiger partial charge < -0.3 is 10.6 Å². The second kappa shape index (κ2) is 5.93. The zero-order valence-electron chi connectivity index (χ0n) is 10.8. The summed E-state index contributed by atoms with van der Waals surface area (Å²) in [7, 11) is 1.34. The Kier molecular flexibility index (Phi) is 4.78. The summed E-state index contributed by atoms with van der Waals surface area (Å²) >= 11 is 0. The Morgan fingerprint density at radius 2 is 2.05 bits per heavy atom. The van der Waals surface area contributed by atoms with E-state index in [1.54, 1.807) is 19.1 Å². The molecule has 0 saturated heterocycles. The van der Waals surface area contributed by atoms with E-state index in [4.69, 9.17) is 11.0 Å². The largest absolute Gasteiger partial charge is 0.410 e. The Bertz CT molecular complexity index is 465. The minimum absolute atomic E-state index is 0.215. The van der Waals surface area contributed by atoms with Crippen LogP contribution in [0.15, 0.2) is 24.3 Å². The van der Waals surface area contributed by atoms with Gasteiger partial charge in [0, 0.05) is 18.8 Å². The molecule has 2 N–H and O–H groups in total. The van der Waals surface area contributed by atoms with E-state index in [9.17, 15) is 13.2 Å². The highest BCUT2D eigenvalue weighted by atomic mass is 19.4. The number of nitriles is 1. The molecule has 0 amide bonds. The van der Waals surface area contributed by atoms with Crippen LogP contribution in [0.3, 0.4) is 0 Å². The number of hydrogen-bond acceptors (Lipinski definition) is 3. The predicted molar refractivity (Wildman–Crippen MR) is 67.7 cm³/mol. The third kappa shape index (κ3) is 3.61. The van der Waals surface area contributed by atoms with E-state index in [0.29, 0.717) is 11.3 Å². The number of nitrogens with two attached hydrogens (primary N) is 1. The quantitative estimate of drug-likeness (QED) is 0.916. The van der Waals surface area contributed by atoms with Crippen LogP contribution in [0.25, 0.3) is 0 Å². The second-order valence-corrected chi connectivity index (χ2v) is 4.33. The van der Waals surface area contributed by atoms with Crippen LogP contribution in [-0.4, -0.2) is 25.3 Å². The number of hydrogen-bond donors (Lipinski definition) is 1. The molecule has 3 nitrogen and oxygen atoms in total. The molecule has 0 aromatic heterocycles. The summed E-state index contributed by atoms with van der Waals surface area (Å²) < 4.78 is 39.3. The van der Waals surface area contributed by atoms with Crippen LogP contribution in [0.1, 0.15) is 18.9 Å². The average molecular weight is 271 g/mol. The minimum atomic E-state index is -4.42. The molecule has 0 saturated carbocycles. The van der Waals surface area contributed by atoms with Crippen LogP contribution >= 0.6 is 0 Å². The fourth-order valence-electron chi connectivity index (χ4n) is 1.93. The third-order valence-electron chi connectivity index (χ3n) is 3.01. The van der Waals surface area contributed by atoms with E-state index in [1.807, 2.05) is 6.07 Å². The number of benzene rings is 1. The summed E-state index contributed by atoms with van der Waals surface area (Å²) in [6.45, 7) is 1.61. The number of rotatable bonds is 4. The molecule has 0 radical (unpaired) electrons. The summed E-state index contributed by atoms with van der Waals surface area (Å²) in [5, 5.41) is 8.78. The lowest BCUT2D eigenvalue weighted by atomic mass is 10.0. The summed E-state index contributed by atoms with van der Waals surface area (Å²) in [6.07, 6.45) is -4.21. The van der Waals surface area contributed by atoms with Crippen molar-refractivity contribution in [1.29, 1.82) is 5.26 Å². The highest BCUT2D eigenvalue weighted by Gasteiger charge is 2.45. The van der Waals surface area contributed by atoms with Gasteiger partial charge in [0.1, 0.15) is 6.04 Å². The number of alkyl halides is 3. The first-order valence-corrected chi connectivity index (χ1v) is 5.86. The van der Waals surface area contributed by atoms with Crippen LogP contribution in [-0.2, 0) is 0 Å². The van der Waals surface area contributed by atoms with E-state index < -0.39 is 18.3 Å². The normalized spacial score (nSPS) is 14.6. The van der Waals surface area contributed by atoms with Crippen LogP contribution in [0.5, 0.6) is 0 Å². The molecule has 19 heavy (non-hydrogen) atoms. The molecule has 0 bridgehead atoms. The van der Waals surface area contributed by atoms with Gasteiger partial charge in [-0.25, -0.2) is 0 Å². The highest BCUT2D eigenvalue weighted by Crippen LogP contribution is 2.30. The van der Waals surface area contributed by atoms with Crippen molar-refractivity contribution in [1.82, 2.24) is 0 Å². The van der Waals surface area contributed by atoms with Gasteiger partial charge >= 0.3 is 6.18 Å². The second-order valence-electron chi connectivity index (χ2n) is 4.33. The molecule has 1 aromatic carbocycles. The number of likely N-dealkylation sites (N-methyl/N-ethyl adjacent to an activating group) is 1. The first kappa shape index (κ1) is 15.3. The molecule has 1 rings (SSSR count). The maximum atomic E-state index is 13.1. The van der Waals surface area contributed by atoms with Crippen molar-refractivity contribution in [3.63, 3.8) is 0 Å².